The normalized spacial score (nSPS) is 22.2. The lowest BCUT2D eigenvalue weighted by Gasteiger charge is -2.23. The van der Waals surface area contributed by atoms with Gasteiger partial charge in [0.25, 0.3) is 0 Å². The van der Waals surface area contributed by atoms with Crippen molar-refractivity contribution in [3.8, 4) is 22.4 Å². The van der Waals surface area contributed by atoms with Gasteiger partial charge in [0.15, 0.2) is 0 Å². The number of allylic oxidation sites excluding steroid dienone is 15. The van der Waals surface area contributed by atoms with Crippen LogP contribution in [-0.4, -0.2) is 4.98 Å². The third-order valence-corrected chi connectivity index (χ3v) is 13.1. The highest BCUT2D eigenvalue weighted by atomic mass is 14.7. The van der Waals surface area contributed by atoms with Crippen molar-refractivity contribution in [2.75, 3.05) is 0 Å². The van der Waals surface area contributed by atoms with Gasteiger partial charge in [0, 0.05) is 46.6 Å². The van der Waals surface area contributed by atoms with Gasteiger partial charge in [-0.2, -0.15) is 0 Å². The molecule has 4 unspecified atom stereocenters. The van der Waals surface area contributed by atoms with Crippen molar-refractivity contribution in [2.45, 2.75) is 50.4 Å². The molecule has 0 saturated heterocycles. The van der Waals surface area contributed by atoms with Crippen molar-refractivity contribution in [2.24, 2.45) is 11.8 Å². The molecule has 0 radical (unpaired) electrons. The summed E-state index contributed by atoms with van der Waals surface area (Å²) in [6.07, 6.45) is 34.6. The number of nitrogens with zero attached hydrogens (tertiary/aromatic N) is 1. The monoisotopic (exact) mass is 785 g/mol. The molecule has 0 amide bonds. The molecule has 4 atom stereocenters. The topological polar surface area (TPSA) is 12.9 Å². The summed E-state index contributed by atoms with van der Waals surface area (Å²) in [5.74, 6) is 1.34. The summed E-state index contributed by atoms with van der Waals surface area (Å²) < 4.78 is 0. The number of rotatable bonds is 8. The molecule has 1 heteroatoms. The van der Waals surface area contributed by atoms with Crippen LogP contribution in [0.5, 0.6) is 0 Å². The summed E-state index contributed by atoms with van der Waals surface area (Å²) in [5.41, 5.74) is 19.4. The van der Waals surface area contributed by atoms with Gasteiger partial charge >= 0.3 is 0 Å². The van der Waals surface area contributed by atoms with Crippen LogP contribution in [-0.2, 0) is 0 Å². The fraction of sp³-hybridized carbons (Fsp3) is 0.167. The minimum atomic E-state index is 0.276. The Balaban J connectivity index is 0.928. The highest BCUT2D eigenvalue weighted by Crippen LogP contribution is 2.40. The first-order chi connectivity index (χ1) is 30.2. The van der Waals surface area contributed by atoms with Crippen LogP contribution in [0.4, 0.5) is 0 Å². The Kier molecular flexibility index (Phi) is 11.2. The molecule has 10 rings (SSSR count). The van der Waals surface area contributed by atoms with E-state index >= 15 is 0 Å². The second-order valence-electron chi connectivity index (χ2n) is 17.0. The van der Waals surface area contributed by atoms with E-state index in [4.69, 9.17) is 4.98 Å². The van der Waals surface area contributed by atoms with Crippen LogP contribution in [0, 0.1) is 11.8 Å². The smallest absolute Gasteiger partial charge is 0.0780 e. The van der Waals surface area contributed by atoms with Gasteiger partial charge < -0.3 is 0 Å². The molecule has 4 aliphatic carbocycles. The Bertz CT molecular complexity index is 2850. The van der Waals surface area contributed by atoms with Gasteiger partial charge in [-0.3, -0.25) is 4.98 Å². The van der Waals surface area contributed by atoms with E-state index in [2.05, 4.69) is 212 Å². The first kappa shape index (κ1) is 38.4. The molecule has 0 aliphatic heterocycles. The van der Waals surface area contributed by atoms with Crippen LogP contribution >= 0.6 is 0 Å². The van der Waals surface area contributed by atoms with Crippen LogP contribution in [0.3, 0.4) is 0 Å². The molecule has 5 aromatic carbocycles. The van der Waals surface area contributed by atoms with Gasteiger partial charge in [-0.05, 0) is 124 Å². The summed E-state index contributed by atoms with van der Waals surface area (Å²) in [7, 11) is 0. The van der Waals surface area contributed by atoms with Gasteiger partial charge in [-0.1, -0.05) is 176 Å². The molecule has 0 spiro atoms. The van der Waals surface area contributed by atoms with Crippen molar-refractivity contribution in [1.82, 2.24) is 4.98 Å². The van der Waals surface area contributed by atoms with Crippen LogP contribution in [0.1, 0.15) is 67.1 Å². The second kappa shape index (κ2) is 17.8. The summed E-state index contributed by atoms with van der Waals surface area (Å²) in [6.45, 7) is 0. The van der Waals surface area contributed by atoms with Crippen molar-refractivity contribution in [3.05, 3.63) is 257 Å². The van der Waals surface area contributed by atoms with Gasteiger partial charge in [0.1, 0.15) is 0 Å². The lowest BCUT2D eigenvalue weighted by atomic mass is 9.81. The Morgan fingerprint density at radius 3 is 2.18 bits per heavy atom. The van der Waals surface area contributed by atoms with Gasteiger partial charge in [0.05, 0.1) is 5.69 Å². The number of aromatic nitrogens is 1. The van der Waals surface area contributed by atoms with Crippen molar-refractivity contribution in [3.63, 3.8) is 0 Å². The van der Waals surface area contributed by atoms with E-state index in [0.717, 1.165) is 55.3 Å². The lowest BCUT2D eigenvalue weighted by Crippen LogP contribution is -2.06. The summed E-state index contributed by atoms with van der Waals surface area (Å²) in [5, 5.41) is 2.49. The maximum atomic E-state index is 4.97. The number of fused-ring (bicyclic) bond motifs is 1. The maximum absolute atomic E-state index is 4.97. The van der Waals surface area contributed by atoms with Crippen LogP contribution < -0.4 is 0 Å². The third-order valence-electron chi connectivity index (χ3n) is 13.1. The second-order valence-corrected chi connectivity index (χ2v) is 17.0. The average molecular weight is 786 g/mol. The van der Waals surface area contributed by atoms with Gasteiger partial charge in [0.2, 0.25) is 0 Å². The minimum Gasteiger partial charge on any atom is -0.256 e. The Morgan fingerprint density at radius 1 is 0.557 bits per heavy atom. The molecule has 0 bridgehead atoms. The molecular formula is C60H51N. The Labute approximate surface area is 361 Å². The SMILES string of the molecule is C1=CC(C2=CCC(c3ccccc3)C=C2)CCC/C(C2=CC=CC(c3cccc(-c4ncccc4-c4ccc5ccccc5c4)c3)C2)=C\C=1C1C=CC(c2ccccc2)=CC1. The van der Waals surface area contributed by atoms with E-state index in [9.17, 15) is 0 Å². The fourth-order valence-electron chi connectivity index (χ4n) is 9.67. The standard InChI is InChI=1S/C60H51N/c1-3-13-43(14-4-1)47-26-28-49(29-27-47)45-19-9-20-54(40-56(36-34-45)50-32-30-48(31-33-50)44-15-5-2-6-16-44)52-21-10-22-53(39-52)55-23-11-24-58(42-55)60-59(25-12-38-61-60)57-37-35-46-17-7-8-18-51(46)41-57/h1-8,10-18,21-26,28-32,34-35,37-38,40-42,45,47,50,53H,9,19-20,27,33,39H2/b54-40+. The number of benzene rings is 5. The predicted octanol–water partition coefficient (Wildman–Crippen LogP) is 15.7. The quantitative estimate of drug-likeness (QED) is 0.140. The highest BCUT2D eigenvalue weighted by Gasteiger charge is 2.23. The van der Waals surface area contributed by atoms with E-state index in [-0.39, 0.29) is 11.8 Å². The largest absolute Gasteiger partial charge is 0.256 e. The zero-order chi connectivity index (χ0) is 40.8. The Hall–Kier alpha value is -6.79. The maximum Gasteiger partial charge on any atom is 0.0780 e. The molecule has 0 saturated carbocycles. The average Bonchev–Trinajstić information content (AvgIpc) is 3.46. The van der Waals surface area contributed by atoms with Crippen molar-refractivity contribution < 1.29 is 0 Å². The lowest BCUT2D eigenvalue weighted by molar-refractivity contribution is 0.627. The molecule has 4 aliphatic rings. The number of hydrogen-bond acceptors (Lipinski definition) is 1. The molecule has 6 aromatic rings. The molecular weight excluding hydrogens is 735 g/mol. The number of pyridine rings is 1. The first-order valence-corrected chi connectivity index (χ1v) is 22.2. The molecule has 0 fully saturated rings. The molecule has 1 nitrogen and oxygen atoms in total. The molecule has 0 N–H and O–H groups in total. The molecule has 1 aromatic heterocycles. The molecule has 61 heavy (non-hydrogen) atoms. The van der Waals surface area contributed by atoms with Gasteiger partial charge in [-0.25, -0.2) is 0 Å². The first-order valence-electron chi connectivity index (χ1n) is 22.2. The number of hydrogen-bond donors (Lipinski definition) is 0. The Morgan fingerprint density at radius 2 is 1.34 bits per heavy atom. The minimum absolute atomic E-state index is 0.276. The molecule has 296 valence electrons. The van der Waals surface area contributed by atoms with Crippen molar-refractivity contribution >= 4 is 16.3 Å². The highest BCUT2D eigenvalue weighted by molar-refractivity contribution is 5.90. The van der Waals surface area contributed by atoms with Crippen molar-refractivity contribution in [1.29, 1.82) is 0 Å². The van der Waals surface area contributed by atoms with Gasteiger partial charge in [-0.15, -0.1) is 5.73 Å². The van der Waals surface area contributed by atoms with Crippen LogP contribution in [0.2, 0.25) is 0 Å². The van der Waals surface area contributed by atoms with E-state index < -0.39 is 0 Å². The zero-order valence-electron chi connectivity index (χ0n) is 34.7. The van der Waals surface area contributed by atoms with E-state index in [1.165, 1.54) is 60.9 Å². The molecule has 1 heterocycles. The van der Waals surface area contributed by atoms with Crippen LogP contribution in [0.25, 0.3) is 38.7 Å². The predicted molar refractivity (Wildman–Crippen MR) is 257 cm³/mol. The van der Waals surface area contributed by atoms with E-state index in [0.29, 0.717) is 11.8 Å². The summed E-state index contributed by atoms with van der Waals surface area (Å²) >= 11 is 0. The summed E-state index contributed by atoms with van der Waals surface area (Å²) in [6, 6.07) is 50.4. The van der Waals surface area contributed by atoms with Crippen LogP contribution in [0.15, 0.2) is 241 Å². The fourth-order valence-corrected chi connectivity index (χ4v) is 9.67. The summed E-state index contributed by atoms with van der Waals surface area (Å²) in [4.78, 5) is 4.97. The zero-order valence-corrected chi connectivity index (χ0v) is 34.7. The van der Waals surface area contributed by atoms with E-state index in [1.807, 2.05) is 6.20 Å². The van der Waals surface area contributed by atoms with E-state index in [1.54, 1.807) is 0 Å². The third kappa shape index (κ3) is 8.62.